The molecule has 0 fully saturated rings. The number of pyridine rings is 1. The minimum Gasteiger partial charge on any atom is -0.286 e. The van der Waals surface area contributed by atoms with Crippen molar-refractivity contribution in [3.05, 3.63) is 64.8 Å². The van der Waals surface area contributed by atoms with Crippen molar-refractivity contribution >= 4 is 23.6 Å². The van der Waals surface area contributed by atoms with Crippen LogP contribution in [0, 0.1) is 0 Å². The van der Waals surface area contributed by atoms with Crippen molar-refractivity contribution in [1.29, 1.82) is 0 Å². The maximum atomic E-state index is 12.0. The number of rotatable bonds is 1. The number of hydrogen-bond acceptors (Lipinski definition) is 3. The number of benzene rings is 1. The molecule has 0 aliphatic carbocycles. The van der Waals surface area contributed by atoms with Crippen molar-refractivity contribution < 1.29 is 4.79 Å². The summed E-state index contributed by atoms with van der Waals surface area (Å²) >= 11 is 1.49. The highest BCUT2D eigenvalue weighted by Gasteiger charge is 2.26. The van der Waals surface area contributed by atoms with Crippen LogP contribution < -0.4 is 0 Å². The number of allylic oxidation sites excluding steroid dienone is 1. The van der Waals surface area contributed by atoms with Crippen molar-refractivity contribution in [3.8, 4) is 0 Å². The standard InChI is InChI=1S/C14H9NOS/c16-14-12(9-10-5-2-1-3-6-10)17-11-7-4-8-15-13(11)14/h1-9H. The number of hydrogen-bond donors (Lipinski definition) is 0. The number of carbonyl (C=O) groups is 1. The minimum absolute atomic E-state index is 0.0226. The van der Waals surface area contributed by atoms with Crippen molar-refractivity contribution in [2.75, 3.05) is 0 Å². The average Bonchev–Trinajstić information content (AvgIpc) is 2.68. The molecule has 82 valence electrons. The lowest BCUT2D eigenvalue weighted by atomic mass is 10.1. The Bertz CT molecular complexity index is 605. The summed E-state index contributed by atoms with van der Waals surface area (Å²) in [7, 11) is 0. The molecule has 0 saturated heterocycles. The molecule has 2 heterocycles. The van der Waals surface area contributed by atoms with E-state index in [1.54, 1.807) is 6.20 Å². The van der Waals surface area contributed by atoms with Gasteiger partial charge in [0, 0.05) is 11.1 Å². The normalized spacial score (nSPS) is 16.2. The third-order valence-corrected chi connectivity index (χ3v) is 3.60. The van der Waals surface area contributed by atoms with Crippen LogP contribution in [0.2, 0.25) is 0 Å². The van der Waals surface area contributed by atoms with Gasteiger partial charge in [-0.3, -0.25) is 9.78 Å². The average molecular weight is 239 g/mol. The Morgan fingerprint density at radius 3 is 2.65 bits per heavy atom. The maximum Gasteiger partial charge on any atom is 0.219 e. The van der Waals surface area contributed by atoms with E-state index in [0.717, 1.165) is 15.4 Å². The fourth-order valence-corrected chi connectivity index (χ4v) is 2.73. The molecular formula is C14H9NOS. The number of fused-ring (bicyclic) bond motifs is 1. The Kier molecular flexibility index (Phi) is 2.53. The van der Waals surface area contributed by atoms with Crippen LogP contribution in [0.4, 0.5) is 0 Å². The molecule has 1 aliphatic rings. The van der Waals surface area contributed by atoms with E-state index < -0.39 is 0 Å². The first-order valence-electron chi connectivity index (χ1n) is 5.29. The largest absolute Gasteiger partial charge is 0.286 e. The van der Waals surface area contributed by atoms with Gasteiger partial charge in [-0.2, -0.15) is 0 Å². The van der Waals surface area contributed by atoms with Gasteiger partial charge in [-0.1, -0.05) is 42.1 Å². The van der Waals surface area contributed by atoms with Gasteiger partial charge in [0.25, 0.3) is 0 Å². The van der Waals surface area contributed by atoms with E-state index in [-0.39, 0.29) is 5.78 Å². The van der Waals surface area contributed by atoms with Gasteiger partial charge < -0.3 is 0 Å². The molecule has 0 amide bonds. The van der Waals surface area contributed by atoms with Crippen LogP contribution in [0.15, 0.2) is 58.5 Å². The van der Waals surface area contributed by atoms with Crippen molar-refractivity contribution in [2.24, 2.45) is 0 Å². The minimum atomic E-state index is 0.0226. The van der Waals surface area contributed by atoms with Gasteiger partial charge in [0.1, 0.15) is 5.69 Å². The Labute approximate surface area is 103 Å². The van der Waals surface area contributed by atoms with Gasteiger partial charge in [-0.25, -0.2) is 0 Å². The van der Waals surface area contributed by atoms with Crippen molar-refractivity contribution in [1.82, 2.24) is 4.98 Å². The summed E-state index contributed by atoms with van der Waals surface area (Å²) in [5.41, 5.74) is 1.61. The monoisotopic (exact) mass is 239 g/mol. The number of nitrogens with zero attached hydrogens (tertiary/aromatic N) is 1. The number of aromatic nitrogens is 1. The topological polar surface area (TPSA) is 30.0 Å². The lowest BCUT2D eigenvalue weighted by Gasteiger charge is -1.94. The van der Waals surface area contributed by atoms with E-state index in [4.69, 9.17) is 0 Å². The van der Waals surface area contributed by atoms with Crippen LogP contribution in [-0.4, -0.2) is 10.8 Å². The molecule has 3 rings (SSSR count). The smallest absolute Gasteiger partial charge is 0.219 e. The van der Waals surface area contributed by atoms with Crippen molar-refractivity contribution in [2.45, 2.75) is 4.90 Å². The summed E-state index contributed by atoms with van der Waals surface area (Å²) in [6.07, 6.45) is 3.57. The van der Waals surface area contributed by atoms with Crippen molar-refractivity contribution in [3.63, 3.8) is 0 Å². The fraction of sp³-hybridized carbons (Fsp3) is 0. The maximum absolute atomic E-state index is 12.0. The summed E-state index contributed by atoms with van der Waals surface area (Å²) in [6.45, 7) is 0. The summed E-state index contributed by atoms with van der Waals surface area (Å²) < 4.78 is 0. The summed E-state index contributed by atoms with van der Waals surface area (Å²) in [5.74, 6) is 0.0226. The molecule has 17 heavy (non-hydrogen) atoms. The van der Waals surface area contributed by atoms with E-state index in [9.17, 15) is 4.79 Å². The molecule has 0 radical (unpaired) electrons. The first kappa shape index (κ1) is 10.3. The third kappa shape index (κ3) is 1.89. The molecule has 0 atom stereocenters. The quantitative estimate of drug-likeness (QED) is 0.714. The van der Waals surface area contributed by atoms with Gasteiger partial charge in [-0.05, 0) is 23.8 Å². The molecular weight excluding hydrogens is 230 g/mol. The molecule has 2 aromatic rings. The van der Waals surface area contributed by atoms with Gasteiger partial charge >= 0.3 is 0 Å². The highest BCUT2D eigenvalue weighted by atomic mass is 32.2. The molecule has 3 heteroatoms. The van der Waals surface area contributed by atoms with Gasteiger partial charge in [0.2, 0.25) is 5.78 Å². The second kappa shape index (κ2) is 4.18. The Morgan fingerprint density at radius 2 is 1.88 bits per heavy atom. The Hall–Kier alpha value is -1.87. The number of carbonyl (C=O) groups excluding carboxylic acids is 1. The predicted molar refractivity (Wildman–Crippen MR) is 68.8 cm³/mol. The second-order valence-corrected chi connectivity index (χ2v) is 4.78. The summed E-state index contributed by atoms with van der Waals surface area (Å²) in [6, 6.07) is 13.6. The molecule has 0 N–H and O–H groups in total. The molecule has 0 saturated carbocycles. The van der Waals surface area contributed by atoms with E-state index in [1.807, 2.05) is 48.5 Å². The SMILES string of the molecule is O=C1C(=Cc2ccccc2)Sc2cccnc21. The number of ketones is 1. The second-order valence-electron chi connectivity index (χ2n) is 3.70. The van der Waals surface area contributed by atoms with E-state index in [0.29, 0.717) is 5.69 Å². The predicted octanol–water partition coefficient (Wildman–Crippen LogP) is 3.41. The highest BCUT2D eigenvalue weighted by Crippen LogP contribution is 2.39. The molecule has 2 nitrogen and oxygen atoms in total. The molecule has 0 bridgehead atoms. The lowest BCUT2D eigenvalue weighted by Crippen LogP contribution is -1.96. The van der Waals surface area contributed by atoms with Crippen LogP contribution in [0.3, 0.4) is 0 Å². The van der Waals surface area contributed by atoms with E-state index >= 15 is 0 Å². The third-order valence-electron chi connectivity index (χ3n) is 2.53. The zero-order valence-electron chi connectivity index (χ0n) is 8.96. The van der Waals surface area contributed by atoms with Crippen LogP contribution >= 0.6 is 11.8 Å². The molecule has 0 spiro atoms. The highest BCUT2D eigenvalue weighted by molar-refractivity contribution is 8.04. The first-order valence-corrected chi connectivity index (χ1v) is 6.10. The Balaban J connectivity index is 2.00. The molecule has 1 aromatic carbocycles. The van der Waals surface area contributed by atoms with Crippen LogP contribution in [-0.2, 0) is 0 Å². The molecule has 1 aliphatic heterocycles. The van der Waals surface area contributed by atoms with Gasteiger partial charge in [-0.15, -0.1) is 0 Å². The molecule has 1 aromatic heterocycles. The first-order chi connectivity index (χ1) is 8.34. The van der Waals surface area contributed by atoms with Crippen LogP contribution in [0.5, 0.6) is 0 Å². The fourth-order valence-electron chi connectivity index (χ4n) is 1.72. The summed E-state index contributed by atoms with van der Waals surface area (Å²) in [4.78, 5) is 17.9. The Morgan fingerprint density at radius 1 is 1.06 bits per heavy atom. The zero-order chi connectivity index (χ0) is 11.7. The zero-order valence-corrected chi connectivity index (χ0v) is 9.78. The van der Waals surface area contributed by atoms with Gasteiger partial charge in [0.05, 0.1) is 4.91 Å². The van der Waals surface area contributed by atoms with Crippen LogP contribution in [0.1, 0.15) is 16.1 Å². The summed E-state index contributed by atoms with van der Waals surface area (Å²) in [5, 5.41) is 0. The number of thioether (sulfide) groups is 1. The lowest BCUT2D eigenvalue weighted by molar-refractivity contribution is 0.103. The van der Waals surface area contributed by atoms with Crippen LogP contribution in [0.25, 0.3) is 6.08 Å². The van der Waals surface area contributed by atoms with E-state index in [1.165, 1.54) is 11.8 Å². The van der Waals surface area contributed by atoms with Gasteiger partial charge in [0.15, 0.2) is 0 Å². The van der Waals surface area contributed by atoms with E-state index in [2.05, 4.69) is 4.98 Å². The number of Topliss-reactive ketones (excluding diaryl/α,β-unsaturated/α-hetero) is 1. The molecule has 0 unspecified atom stereocenters.